The van der Waals surface area contributed by atoms with E-state index in [-0.39, 0.29) is 5.97 Å². The number of esters is 1. The Bertz CT molecular complexity index is 298. The molecule has 1 amide bonds. The molecule has 0 aromatic carbocycles. The molecule has 1 aliphatic heterocycles. The van der Waals surface area contributed by atoms with Crippen molar-refractivity contribution in [3.63, 3.8) is 0 Å². The molecule has 0 aromatic heterocycles. The van der Waals surface area contributed by atoms with Crippen molar-refractivity contribution in [2.45, 2.75) is 26.2 Å². The molecule has 0 bridgehead atoms. The maximum Gasteiger partial charge on any atom is 0.413 e. The van der Waals surface area contributed by atoms with Gasteiger partial charge < -0.3 is 9.47 Å². The first-order valence-corrected chi connectivity index (χ1v) is 5.41. The van der Waals surface area contributed by atoms with Gasteiger partial charge in [-0.1, -0.05) is 13.3 Å². The average Bonchev–Trinajstić information content (AvgIpc) is 2.77. The third kappa shape index (κ3) is 3.25. The van der Waals surface area contributed by atoms with E-state index in [9.17, 15) is 9.59 Å². The van der Waals surface area contributed by atoms with E-state index in [2.05, 4.69) is 4.74 Å². The summed E-state index contributed by atoms with van der Waals surface area (Å²) in [4.78, 5) is 24.1. The van der Waals surface area contributed by atoms with E-state index in [0.29, 0.717) is 25.1 Å². The number of unbranched alkanes of at least 4 members (excludes halogenated alkanes) is 1. The van der Waals surface area contributed by atoms with Crippen molar-refractivity contribution >= 4 is 12.1 Å². The molecule has 0 N–H and O–H groups in total. The number of hydrogen-bond acceptors (Lipinski definition) is 4. The van der Waals surface area contributed by atoms with Crippen molar-refractivity contribution in [1.29, 1.82) is 0 Å². The maximum absolute atomic E-state index is 11.5. The summed E-state index contributed by atoms with van der Waals surface area (Å²) in [6.07, 6.45) is 3.46. The molecule has 0 fully saturated rings. The molecule has 0 aliphatic carbocycles. The lowest BCUT2D eigenvalue weighted by Gasteiger charge is -2.12. The van der Waals surface area contributed by atoms with E-state index in [1.807, 2.05) is 6.92 Å². The molecule has 16 heavy (non-hydrogen) atoms. The number of nitrogens with zero attached hydrogens (tertiary/aromatic N) is 1. The number of ether oxygens (including phenoxy) is 2. The van der Waals surface area contributed by atoms with Crippen LogP contribution in [0.3, 0.4) is 0 Å². The Hall–Kier alpha value is -1.52. The molecule has 1 rings (SSSR count). The standard InChI is InChI=1S/C11H17NO4/c1-3-4-7-16-11(14)12-6-5-9(8-12)10(13)15-2/h8H,3-7H2,1-2H3. The van der Waals surface area contributed by atoms with Crippen molar-refractivity contribution in [1.82, 2.24) is 4.90 Å². The maximum atomic E-state index is 11.5. The number of carbonyl (C=O) groups is 2. The van der Waals surface area contributed by atoms with Gasteiger partial charge in [0.05, 0.1) is 19.3 Å². The van der Waals surface area contributed by atoms with Crippen LogP contribution in [0.4, 0.5) is 4.79 Å². The lowest BCUT2D eigenvalue weighted by Crippen LogP contribution is -2.24. The molecule has 0 saturated carbocycles. The number of carbonyl (C=O) groups excluding carboxylic acids is 2. The topological polar surface area (TPSA) is 55.8 Å². The molecule has 0 unspecified atom stereocenters. The Kier molecular flexibility index (Phi) is 4.82. The van der Waals surface area contributed by atoms with Crippen LogP contribution in [0.15, 0.2) is 11.8 Å². The molecule has 1 heterocycles. The zero-order chi connectivity index (χ0) is 12.0. The van der Waals surface area contributed by atoms with Crippen LogP contribution in [0.25, 0.3) is 0 Å². The molecule has 90 valence electrons. The monoisotopic (exact) mass is 227 g/mol. The van der Waals surface area contributed by atoms with Crippen LogP contribution >= 0.6 is 0 Å². The second kappa shape index (κ2) is 6.15. The second-order valence-corrected chi connectivity index (χ2v) is 3.56. The summed E-state index contributed by atoms with van der Waals surface area (Å²) < 4.78 is 9.59. The van der Waals surface area contributed by atoms with E-state index >= 15 is 0 Å². The van der Waals surface area contributed by atoms with Crippen molar-refractivity contribution in [3.8, 4) is 0 Å². The van der Waals surface area contributed by atoms with Gasteiger partial charge in [-0.15, -0.1) is 0 Å². The first kappa shape index (κ1) is 12.5. The minimum absolute atomic E-state index is 0.385. The Morgan fingerprint density at radius 3 is 2.88 bits per heavy atom. The molecule has 1 aliphatic rings. The summed E-state index contributed by atoms with van der Waals surface area (Å²) in [5.41, 5.74) is 0.509. The number of rotatable bonds is 4. The molecule has 0 aromatic rings. The van der Waals surface area contributed by atoms with E-state index in [0.717, 1.165) is 12.8 Å². The largest absolute Gasteiger partial charge is 0.466 e. The van der Waals surface area contributed by atoms with Crippen molar-refractivity contribution < 1.29 is 19.1 Å². The summed E-state index contributed by atoms with van der Waals surface area (Å²) in [5.74, 6) is -0.385. The minimum atomic E-state index is -0.396. The van der Waals surface area contributed by atoms with Gasteiger partial charge in [-0.05, 0) is 12.8 Å². The van der Waals surface area contributed by atoms with Gasteiger partial charge in [-0.2, -0.15) is 0 Å². The Labute approximate surface area is 95.0 Å². The van der Waals surface area contributed by atoms with E-state index in [1.54, 1.807) is 0 Å². The van der Waals surface area contributed by atoms with E-state index in [4.69, 9.17) is 4.74 Å². The second-order valence-electron chi connectivity index (χ2n) is 3.56. The molecule has 5 heteroatoms. The van der Waals surface area contributed by atoms with Gasteiger partial charge in [0, 0.05) is 12.7 Å². The fourth-order valence-electron chi connectivity index (χ4n) is 1.37. The third-order valence-electron chi connectivity index (χ3n) is 2.34. The normalized spacial score (nSPS) is 14.6. The van der Waals surface area contributed by atoms with Crippen LogP contribution < -0.4 is 0 Å². The zero-order valence-electron chi connectivity index (χ0n) is 9.69. The Morgan fingerprint density at radius 2 is 2.25 bits per heavy atom. The lowest BCUT2D eigenvalue weighted by atomic mass is 10.2. The smallest absolute Gasteiger partial charge is 0.413 e. The van der Waals surface area contributed by atoms with Crippen LogP contribution in [-0.2, 0) is 14.3 Å². The Morgan fingerprint density at radius 1 is 1.50 bits per heavy atom. The van der Waals surface area contributed by atoms with Crippen LogP contribution in [0, 0.1) is 0 Å². The molecular weight excluding hydrogens is 210 g/mol. The highest BCUT2D eigenvalue weighted by molar-refractivity contribution is 5.89. The number of amides is 1. The quantitative estimate of drug-likeness (QED) is 0.541. The fraction of sp³-hybridized carbons (Fsp3) is 0.636. The average molecular weight is 227 g/mol. The molecule has 0 atom stereocenters. The predicted octanol–water partition coefficient (Wildman–Crippen LogP) is 1.69. The van der Waals surface area contributed by atoms with Gasteiger partial charge >= 0.3 is 12.1 Å². The molecule has 0 spiro atoms. The molecule has 5 nitrogen and oxygen atoms in total. The minimum Gasteiger partial charge on any atom is -0.466 e. The fourth-order valence-corrected chi connectivity index (χ4v) is 1.37. The molecule has 0 saturated heterocycles. The summed E-state index contributed by atoms with van der Waals surface area (Å²) in [7, 11) is 1.32. The van der Waals surface area contributed by atoms with Crippen molar-refractivity contribution in [2.75, 3.05) is 20.3 Å². The Balaban J connectivity index is 2.42. The van der Waals surface area contributed by atoms with Gasteiger partial charge in [0.1, 0.15) is 0 Å². The molecular formula is C11H17NO4. The summed E-state index contributed by atoms with van der Waals surface area (Å²) in [6.45, 7) is 2.93. The van der Waals surface area contributed by atoms with Gasteiger partial charge in [0.15, 0.2) is 0 Å². The predicted molar refractivity (Wildman–Crippen MR) is 57.7 cm³/mol. The van der Waals surface area contributed by atoms with Gasteiger partial charge in [-0.3, -0.25) is 4.90 Å². The van der Waals surface area contributed by atoms with Crippen LogP contribution in [0.5, 0.6) is 0 Å². The summed E-state index contributed by atoms with van der Waals surface area (Å²) in [5, 5.41) is 0. The van der Waals surface area contributed by atoms with Gasteiger partial charge in [0.25, 0.3) is 0 Å². The van der Waals surface area contributed by atoms with Crippen molar-refractivity contribution in [3.05, 3.63) is 11.8 Å². The van der Waals surface area contributed by atoms with Crippen LogP contribution in [-0.4, -0.2) is 37.2 Å². The number of methoxy groups -OCH3 is 1. The first-order chi connectivity index (χ1) is 7.69. The SMILES string of the molecule is CCCCOC(=O)N1C=C(C(=O)OC)CC1. The lowest BCUT2D eigenvalue weighted by molar-refractivity contribution is -0.136. The van der Waals surface area contributed by atoms with Gasteiger partial charge in [-0.25, -0.2) is 9.59 Å². The zero-order valence-corrected chi connectivity index (χ0v) is 9.69. The van der Waals surface area contributed by atoms with E-state index < -0.39 is 6.09 Å². The first-order valence-electron chi connectivity index (χ1n) is 5.41. The van der Waals surface area contributed by atoms with Crippen molar-refractivity contribution in [2.24, 2.45) is 0 Å². The van der Waals surface area contributed by atoms with E-state index in [1.165, 1.54) is 18.2 Å². The van der Waals surface area contributed by atoms with Gasteiger partial charge in [0.2, 0.25) is 0 Å². The summed E-state index contributed by atoms with van der Waals surface area (Å²) in [6, 6.07) is 0. The molecule has 0 radical (unpaired) electrons. The number of hydrogen-bond donors (Lipinski definition) is 0. The van der Waals surface area contributed by atoms with Crippen LogP contribution in [0.2, 0.25) is 0 Å². The highest BCUT2D eigenvalue weighted by Gasteiger charge is 2.23. The summed E-state index contributed by atoms with van der Waals surface area (Å²) >= 11 is 0. The highest BCUT2D eigenvalue weighted by atomic mass is 16.6. The highest BCUT2D eigenvalue weighted by Crippen LogP contribution is 2.16. The third-order valence-corrected chi connectivity index (χ3v) is 2.34. The van der Waals surface area contributed by atoms with Crippen LogP contribution in [0.1, 0.15) is 26.2 Å².